The van der Waals surface area contributed by atoms with E-state index in [1.807, 2.05) is 4.90 Å². The van der Waals surface area contributed by atoms with Crippen molar-refractivity contribution in [3.8, 4) is 5.75 Å². The molecule has 4 rings (SSSR count). The summed E-state index contributed by atoms with van der Waals surface area (Å²) >= 11 is 0. The van der Waals surface area contributed by atoms with Crippen molar-refractivity contribution in [3.05, 3.63) is 63.7 Å². The van der Waals surface area contributed by atoms with E-state index in [0.29, 0.717) is 26.1 Å². The Balaban J connectivity index is 0.00000380. The van der Waals surface area contributed by atoms with Crippen molar-refractivity contribution in [2.75, 3.05) is 45.2 Å². The molecule has 0 radical (unpaired) electrons. The molecule has 2 aliphatic rings. The maximum atomic E-state index is 13.5. The van der Waals surface area contributed by atoms with Crippen molar-refractivity contribution in [2.24, 2.45) is 0 Å². The van der Waals surface area contributed by atoms with Gasteiger partial charge in [0.1, 0.15) is 0 Å². The first kappa shape index (κ1) is 28.3. The zero-order chi connectivity index (χ0) is 25.7. The van der Waals surface area contributed by atoms with Gasteiger partial charge in [-0.3, -0.25) is 14.9 Å². The molecule has 0 aliphatic carbocycles. The largest absolute Gasteiger partial charge is 0.490 e. The molecule has 202 valence electrons. The number of benzene rings is 2. The molecule has 2 aromatic carbocycles. The van der Waals surface area contributed by atoms with Gasteiger partial charge in [-0.05, 0) is 68.5 Å². The molecule has 2 fully saturated rings. The van der Waals surface area contributed by atoms with E-state index in [1.54, 1.807) is 18.2 Å². The number of methoxy groups -OCH3 is 1. The topological polar surface area (TPSA) is 88.0 Å². The first-order valence-corrected chi connectivity index (χ1v) is 12.4. The Morgan fingerprint density at radius 3 is 2.38 bits per heavy atom. The summed E-state index contributed by atoms with van der Waals surface area (Å²) < 4.78 is 31.9. The summed E-state index contributed by atoms with van der Waals surface area (Å²) in [6.45, 7) is 3.70. The average molecular weight is 519 g/mol. The van der Waals surface area contributed by atoms with Gasteiger partial charge in [0.2, 0.25) is 5.91 Å². The molecule has 0 bridgehead atoms. The predicted octanol–water partition coefficient (Wildman–Crippen LogP) is 5.19. The lowest BCUT2D eigenvalue weighted by Gasteiger charge is -2.35. The maximum Gasteiger partial charge on any atom is 0.311 e. The van der Waals surface area contributed by atoms with Gasteiger partial charge in [0, 0.05) is 49.9 Å². The Bertz CT molecular complexity index is 1080. The van der Waals surface area contributed by atoms with Gasteiger partial charge in [0.15, 0.2) is 17.4 Å². The lowest BCUT2D eigenvalue weighted by atomic mass is 9.89. The normalized spacial score (nSPS) is 17.2. The van der Waals surface area contributed by atoms with Crippen LogP contribution in [0.2, 0.25) is 0 Å². The van der Waals surface area contributed by atoms with E-state index >= 15 is 0 Å². The molecule has 1 amide bonds. The fourth-order valence-corrected chi connectivity index (χ4v) is 5.10. The molecule has 0 atom stereocenters. The van der Waals surface area contributed by atoms with Crippen LogP contribution in [0.5, 0.6) is 5.75 Å². The van der Waals surface area contributed by atoms with Crippen LogP contribution < -0.4 is 10.1 Å². The van der Waals surface area contributed by atoms with E-state index < -0.39 is 16.6 Å². The van der Waals surface area contributed by atoms with E-state index in [1.165, 1.54) is 25.3 Å². The number of likely N-dealkylation sites (tertiary alicyclic amines) is 2. The van der Waals surface area contributed by atoms with Gasteiger partial charge in [0.25, 0.3) is 0 Å². The summed E-state index contributed by atoms with van der Waals surface area (Å²) in [6, 6.07) is 9.07. The number of anilines is 1. The van der Waals surface area contributed by atoms with Crippen LogP contribution in [-0.2, 0) is 4.79 Å². The molecule has 2 heterocycles. The molecule has 2 aliphatic heterocycles. The summed E-state index contributed by atoms with van der Waals surface area (Å²) in [5, 5.41) is 14.5. The lowest BCUT2D eigenvalue weighted by Crippen LogP contribution is -2.43. The summed E-state index contributed by atoms with van der Waals surface area (Å²) in [5.41, 5.74) is 1.53. The minimum Gasteiger partial charge on any atom is -0.490 e. The van der Waals surface area contributed by atoms with Gasteiger partial charge >= 0.3 is 5.69 Å². The number of piperidine rings is 2. The molecular weight excluding hydrogens is 482 g/mol. The zero-order valence-corrected chi connectivity index (χ0v) is 20.4. The van der Waals surface area contributed by atoms with E-state index in [0.717, 1.165) is 50.0 Å². The lowest BCUT2D eigenvalue weighted by molar-refractivity contribution is -0.385. The summed E-state index contributed by atoms with van der Waals surface area (Å²) in [4.78, 5) is 27.5. The number of halogens is 2. The van der Waals surface area contributed by atoms with Gasteiger partial charge in [0.05, 0.1) is 12.0 Å². The van der Waals surface area contributed by atoms with Crippen LogP contribution in [0.4, 0.5) is 20.2 Å². The minimum atomic E-state index is -0.818. The maximum absolute atomic E-state index is 13.5. The van der Waals surface area contributed by atoms with Crippen LogP contribution in [0.15, 0.2) is 36.4 Å². The molecule has 10 heteroatoms. The van der Waals surface area contributed by atoms with Crippen molar-refractivity contribution < 1.29 is 23.2 Å². The van der Waals surface area contributed by atoms with Gasteiger partial charge < -0.3 is 19.9 Å². The smallest absolute Gasteiger partial charge is 0.311 e. The number of carbonyl (C=O) groups excluding carboxylic acids is 1. The highest BCUT2D eigenvalue weighted by atomic mass is 19.2. The number of ether oxygens (including phenoxy) is 1. The molecule has 2 saturated heterocycles. The number of nitrogens with zero attached hydrogens (tertiary/aromatic N) is 3. The van der Waals surface area contributed by atoms with Gasteiger partial charge in [-0.25, -0.2) is 8.78 Å². The second-order valence-corrected chi connectivity index (χ2v) is 9.48. The van der Waals surface area contributed by atoms with Crippen LogP contribution in [0.25, 0.3) is 0 Å². The zero-order valence-electron chi connectivity index (χ0n) is 20.4. The first-order chi connectivity index (χ1) is 17.3. The van der Waals surface area contributed by atoms with Gasteiger partial charge in [-0.1, -0.05) is 13.5 Å². The van der Waals surface area contributed by atoms with E-state index in [9.17, 15) is 23.7 Å². The predicted molar refractivity (Wildman–Crippen MR) is 139 cm³/mol. The Labute approximate surface area is 216 Å². The standard InChI is InChI=1S/C26H32F2N4O4.CH4/c1-36-25-17-21(3-5-24(25)32(34)35)29-20-8-14-31(15-9-20)26(33)10-13-30-11-6-18(7-12-30)19-2-4-22(27)23(28)16-19;/h2-5,16-18,20,29H,6-15H2,1H3;1H4. The number of rotatable bonds is 8. The van der Waals surface area contributed by atoms with E-state index in [-0.39, 0.29) is 36.7 Å². The summed E-state index contributed by atoms with van der Waals surface area (Å²) in [5.74, 6) is -1.04. The Kier molecular flexibility index (Phi) is 9.79. The number of nitro benzene ring substituents is 1. The molecular formula is C27H36F2N4O4. The van der Waals surface area contributed by atoms with Crippen molar-refractivity contribution >= 4 is 17.3 Å². The third-order valence-corrected chi connectivity index (χ3v) is 7.24. The highest BCUT2D eigenvalue weighted by Gasteiger charge is 2.26. The van der Waals surface area contributed by atoms with E-state index in [4.69, 9.17) is 4.74 Å². The Morgan fingerprint density at radius 2 is 1.76 bits per heavy atom. The molecule has 0 unspecified atom stereocenters. The third-order valence-electron chi connectivity index (χ3n) is 7.24. The Morgan fingerprint density at radius 1 is 1.05 bits per heavy atom. The number of hydrogen-bond acceptors (Lipinski definition) is 6. The molecule has 37 heavy (non-hydrogen) atoms. The van der Waals surface area contributed by atoms with Crippen LogP contribution in [0, 0.1) is 21.7 Å². The number of amides is 1. The Hall–Kier alpha value is -3.27. The van der Waals surface area contributed by atoms with Crippen molar-refractivity contribution in [1.29, 1.82) is 0 Å². The second kappa shape index (κ2) is 12.8. The van der Waals surface area contributed by atoms with E-state index in [2.05, 4.69) is 10.2 Å². The van der Waals surface area contributed by atoms with Crippen LogP contribution in [0.1, 0.15) is 51.0 Å². The quantitative estimate of drug-likeness (QED) is 0.382. The van der Waals surface area contributed by atoms with Crippen molar-refractivity contribution in [2.45, 2.75) is 51.5 Å². The van der Waals surface area contributed by atoms with Crippen molar-refractivity contribution in [1.82, 2.24) is 9.80 Å². The van der Waals surface area contributed by atoms with Gasteiger partial charge in [-0.2, -0.15) is 0 Å². The average Bonchev–Trinajstić information content (AvgIpc) is 2.89. The molecule has 8 nitrogen and oxygen atoms in total. The monoisotopic (exact) mass is 518 g/mol. The van der Waals surface area contributed by atoms with Crippen molar-refractivity contribution in [3.63, 3.8) is 0 Å². The number of nitrogens with one attached hydrogen (secondary N) is 1. The van der Waals surface area contributed by atoms with Crippen LogP contribution in [0.3, 0.4) is 0 Å². The fraction of sp³-hybridized carbons (Fsp3) is 0.519. The number of nitro groups is 1. The highest BCUT2D eigenvalue weighted by molar-refractivity contribution is 5.76. The third kappa shape index (κ3) is 7.15. The molecule has 1 N–H and O–H groups in total. The first-order valence-electron chi connectivity index (χ1n) is 12.4. The molecule has 0 saturated carbocycles. The molecule has 2 aromatic rings. The summed E-state index contributed by atoms with van der Waals surface area (Å²) in [7, 11) is 1.41. The minimum absolute atomic E-state index is 0. The molecule has 0 spiro atoms. The van der Waals surface area contributed by atoms with Crippen LogP contribution in [-0.4, -0.2) is 66.5 Å². The number of carbonyl (C=O) groups is 1. The summed E-state index contributed by atoms with van der Waals surface area (Å²) in [6.07, 6.45) is 3.79. The fourth-order valence-electron chi connectivity index (χ4n) is 5.10. The highest BCUT2D eigenvalue weighted by Crippen LogP contribution is 2.31. The number of hydrogen-bond donors (Lipinski definition) is 1. The van der Waals surface area contributed by atoms with Crippen LogP contribution >= 0.6 is 0 Å². The molecule has 0 aromatic heterocycles. The second-order valence-electron chi connectivity index (χ2n) is 9.48. The van der Waals surface area contributed by atoms with Gasteiger partial charge in [-0.15, -0.1) is 0 Å². The SMILES string of the molecule is C.COc1cc(NC2CCN(C(=O)CCN3CCC(c4ccc(F)c(F)c4)CC3)CC2)ccc1[N+](=O)[O-].